The van der Waals surface area contributed by atoms with Crippen LogP contribution in [0.5, 0.6) is 0 Å². The normalized spacial score (nSPS) is 24.1. The Labute approximate surface area is 147 Å². The minimum absolute atomic E-state index is 0.0909. The van der Waals surface area contributed by atoms with E-state index in [0.29, 0.717) is 6.54 Å². The molecule has 1 aromatic carbocycles. The Morgan fingerprint density at radius 1 is 1.32 bits per heavy atom. The van der Waals surface area contributed by atoms with Gasteiger partial charge in [-0.1, -0.05) is 18.2 Å². The van der Waals surface area contributed by atoms with Gasteiger partial charge in [-0.15, -0.1) is 0 Å². The number of rotatable bonds is 3. The smallest absolute Gasteiger partial charge is 0.254 e. The topological polar surface area (TPSA) is 63.5 Å². The summed E-state index contributed by atoms with van der Waals surface area (Å²) in [5, 5.41) is 4.15. The van der Waals surface area contributed by atoms with E-state index in [4.69, 9.17) is 4.74 Å². The number of ether oxygens (including phenoxy) is 1. The van der Waals surface area contributed by atoms with E-state index >= 15 is 0 Å². The number of amides is 1. The van der Waals surface area contributed by atoms with E-state index in [1.54, 1.807) is 11.0 Å². The van der Waals surface area contributed by atoms with Crippen LogP contribution in [0, 0.1) is 0 Å². The molecule has 0 bridgehead atoms. The van der Waals surface area contributed by atoms with Gasteiger partial charge in [-0.05, 0) is 25.1 Å². The summed E-state index contributed by atoms with van der Waals surface area (Å²) in [7, 11) is 2.12. The van der Waals surface area contributed by atoms with Gasteiger partial charge in [0.05, 0.1) is 25.3 Å². The summed E-state index contributed by atoms with van der Waals surface area (Å²) in [5.74, 6) is 0.0909. The highest BCUT2D eigenvalue weighted by molar-refractivity contribution is 5.95. The number of likely N-dealkylation sites (tertiary alicyclic amines) is 1. The van der Waals surface area contributed by atoms with E-state index in [0.717, 1.165) is 43.8 Å². The van der Waals surface area contributed by atoms with E-state index in [1.807, 2.05) is 29.2 Å². The summed E-state index contributed by atoms with van der Waals surface area (Å²) in [6.07, 6.45) is 4.31. The molecule has 2 aromatic rings. The molecule has 2 saturated heterocycles. The van der Waals surface area contributed by atoms with Crippen molar-refractivity contribution in [3.8, 4) is 0 Å². The van der Waals surface area contributed by atoms with Crippen LogP contribution >= 0.6 is 0 Å². The number of likely N-dealkylation sites (N-methyl/N-ethyl adjacent to an activating group) is 1. The minimum Gasteiger partial charge on any atom is -0.375 e. The zero-order chi connectivity index (χ0) is 17.2. The molecule has 1 aromatic heterocycles. The molecular formula is C18H23N5O2. The molecule has 2 fully saturated rings. The molecule has 7 nitrogen and oxygen atoms in total. The van der Waals surface area contributed by atoms with Crippen molar-refractivity contribution in [2.75, 3.05) is 33.3 Å². The molecule has 0 N–H and O–H groups in total. The molecule has 0 unspecified atom stereocenters. The van der Waals surface area contributed by atoms with Crippen molar-refractivity contribution in [1.29, 1.82) is 0 Å². The van der Waals surface area contributed by atoms with E-state index in [9.17, 15) is 4.79 Å². The van der Waals surface area contributed by atoms with Crippen molar-refractivity contribution in [1.82, 2.24) is 24.6 Å². The molecule has 4 rings (SSSR count). The molecule has 0 radical (unpaired) electrons. The number of piperidine rings is 1. The van der Waals surface area contributed by atoms with Crippen molar-refractivity contribution >= 4 is 5.91 Å². The molecule has 2 aliphatic rings. The summed E-state index contributed by atoms with van der Waals surface area (Å²) in [6.45, 7) is 3.71. The lowest BCUT2D eigenvalue weighted by Crippen LogP contribution is -2.59. The molecule has 2 aliphatic heterocycles. The maximum atomic E-state index is 13.2. The standard InChI is InChI=1S/C18H23N5O2/c1-21-8-9-25-17-6-7-22(11-16(17)21)18(24)15-5-3-2-4-14(15)10-23-13-19-12-20-23/h2-5,12-13,16-17H,6-11H2,1H3/t16-,17+/m0/s1. The molecule has 132 valence electrons. The van der Waals surface area contributed by atoms with Crippen molar-refractivity contribution < 1.29 is 9.53 Å². The van der Waals surface area contributed by atoms with Gasteiger partial charge in [-0.2, -0.15) is 5.10 Å². The van der Waals surface area contributed by atoms with Crippen molar-refractivity contribution in [2.45, 2.75) is 25.1 Å². The Morgan fingerprint density at radius 2 is 2.20 bits per heavy atom. The highest BCUT2D eigenvalue weighted by atomic mass is 16.5. The number of benzene rings is 1. The van der Waals surface area contributed by atoms with Crippen LogP contribution < -0.4 is 0 Å². The molecule has 0 aliphatic carbocycles. The fourth-order valence-corrected chi connectivity index (χ4v) is 3.75. The molecular weight excluding hydrogens is 318 g/mol. The maximum absolute atomic E-state index is 13.2. The zero-order valence-corrected chi connectivity index (χ0v) is 14.4. The average Bonchev–Trinajstić information content (AvgIpc) is 3.15. The quantitative estimate of drug-likeness (QED) is 0.829. The number of hydrogen-bond acceptors (Lipinski definition) is 5. The molecule has 0 saturated carbocycles. The summed E-state index contributed by atoms with van der Waals surface area (Å²) in [4.78, 5) is 21.4. The third-order valence-electron chi connectivity index (χ3n) is 5.20. The first kappa shape index (κ1) is 16.2. The van der Waals surface area contributed by atoms with Crippen LogP contribution in [0.3, 0.4) is 0 Å². The molecule has 3 heterocycles. The predicted octanol–water partition coefficient (Wildman–Crippen LogP) is 0.871. The first-order chi connectivity index (χ1) is 12.2. The van der Waals surface area contributed by atoms with Crippen molar-refractivity contribution in [2.24, 2.45) is 0 Å². The monoisotopic (exact) mass is 341 g/mol. The minimum atomic E-state index is 0.0909. The Balaban J connectivity index is 1.53. The van der Waals surface area contributed by atoms with Gasteiger partial charge in [0.2, 0.25) is 0 Å². The number of morpholine rings is 1. The second-order valence-corrected chi connectivity index (χ2v) is 6.75. The summed E-state index contributed by atoms with van der Waals surface area (Å²) >= 11 is 0. The Hall–Kier alpha value is -2.25. The van der Waals surface area contributed by atoms with Gasteiger partial charge in [0.15, 0.2) is 0 Å². The van der Waals surface area contributed by atoms with Gasteiger partial charge in [-0.3, -0.25) is 9.69 Å². The fourth-order valence-electron chi connectivity index (χ4n) is 3.75. The van der Waals surface area contributed by atoms with E-state index in [1.165, 1.54) is 6.33 Å². The Bertz CT molecular complexity index is 733. The number of carbonyl (C=O) groups is 1. The van der Waals surface area contributed by atoms with E-state index < -0.39 is 0 Å². The van der Waals surface area contributed by atoms with Gasteiger partial charge < -0.3 is 9.64 Å². The third kappa shape index (κ3) is 3.29. The maximum Gasteiger partial charge on any atom is 0.254 e. The second-order valence-electron chi connectivity index (χ2n) is 6.75. The Morgan fingerprint density at radius 3 is 3.04 bits per heavy atom. The van der Waals surface area contributed by atoms with E-state index in [-0.39, 0.29) is 18.1 Å². The zero-order valence-electron chi connectivity index (χ0n) is 14.4. The van der Waals surface area contributed by atoms with Crippen LogP contribution in [-0.2, 0) is 11.3 Å². The Kier molecular flexibility index (Phi) is 4.50. The molecule has 2 atom stereocenters. The molecule has 7 heteroatoms. The third-order valence-corrected chi connectivity index (χ3v) is 5.20. The number of nitrogens with zero attached hydrogens (tertiary/aromatic N) is 5. The van der Waals surface area contributed by atoms with E-state index in [2.05, 4.69) is 22.0 Å². The SMILES string of the molecule is CN1CCO[C@@H]2CCN(C(=O)c3ccccc3Cn3cncn3)C[C@@H]21. The first-order valence-corrected chi connectivity index (χ1v) is 8.74. The number of carbonyl (C=O) groups excluding carboxylic acids is 1. The van der Waals surface area contributed by atoms with Crippen LogP contribution in [0.1, 0.15) is 22.3 Å². The van der Waals surface area contributed by atoms with Crippen molar-refractivity contribution in [3.63, 3.8) is 0 Å². The van der Waals surface area contributed by atoms with Gasteiger partial charge in [-0.25, -0.2) is 9.67 Å². The van der Waals surface area contributed by atoms with Gasteiger partial charge in [0.25, 0.3) is 5.91 Å². The van der Waals surface area contributed by atoms with Crippen LogP contribution in [0.4, 0.5) is 0 Å². The lowest BCUT2D eigenvalue weighted by molar-refractivity contribution is -0.0893. The lowest BCUT2D eigenvalue weighted by atomic mass is 9.97. The largest absolute Gasteiger partial charge is 0.375 e. The second kappa shape index (κ2) is 6.93. The summed E-state index contributed by atoms with van der Waals surface area (Å²) < 4.78 is 7.62. The highest BCUT2D eigenvalue weighted by Crippen LogP contribution is 2.24. The molecule has 1 amide bonds. The lowest BCUT2D eigenvalue weighted by Gasteiger charge is -2.45. The predicted molar refractivity (Wildman–Crippen MR) is 92.2 cm³/mol. The van der Waals surface area contributed by atoms with Crippen molar-refractivity contribution in [3.05, 3.63) is 48.0 Å². The number of hydrogen-bond donors (Lipinski definition) is 0. The van der Waals surface area contributed by atoms with Gasteiger partial charge in [0.1, 0.15) is 12.7 Å². The van der Waals surface area contributed by atoms with Crippen LogP contribution in [-0.4, -0.2) is 75.9 Å². The molecule has 25 heavy (non-hydrogen) atoms. The fraction of sp³-hybridized carbons (Fsp3) is 0.500. The number of fused-ring (bicyclic) bond motifs is 1. The van der Waals surface area contributed by atoms with Gasteiger partial charge in [0, 0.05) is 25.2 Å². The van der Waals surface area contributed by atoms with Gasteiger partial charge >= 0.3 is 0 Å². The summed E-state index contributed by atoms with van der Waals surface area (Å²) in [5.41, 5.74) is 1.71. The van der Waals surface area contributed by atoms with Crippen LogP contribution in [0.2, 0.25) is 0 Å². The summed E-state index contributed by atoms with van der Waals surface area (Å²) in [6, 6.07) is 8.05. The van der Waals surface area contributed by atoms with Crippen LogP contribution in [0.15, 0.2) is 36.9 Å². The van der Waals surface area contributed by atoms with Crippen LogP contribution in [0.25, 0.3) is 0 Å². The first-order valence-electron chi connectivity index (χ1n) is 8.74. The molecule has 0 spiro atoms. The number of aromatic nitrogens is 3. The highest BCUT2D eigenvalue weighted by Gasteiger charge is 2.37. The average molecular weight is 341 g/mol.